The van der Waals surface area contributed by atoms with Gasteiger partial charge < -0.3 is 24.3 Å². The smallest absolute Gasteiger partial charge is 0.165 e. The minimum Gasteiger partial charge on any atom is -0.484 e. The summed E-state index contributed by atoms with van der Waals surface area (Å²) in [6, 6.07) is 8.40. The van der Waals surface area contributed by atoms with Gasteiger partial charge in [-0.15, -0.1) is 0 Å². The highest BCUT2D eigenvalue weighted by Gasteiger charge is 2.24. The molecule has 2 saturated heterocycles. The number of aromatic nitrogens is 2. The molecule has 1 N–H and O–H groups in total. The topological polar surface area (TPSA) is 74.7 Å². The van der Waals surface area contributed by atoms with Gasteiger partial charge in [0, 0.05) is 24.3 Å². The number of halogens is 2. The number of hydrogen-bond donors (Lipinski definition) is 1. The van der Waals surface area contributed by atoms with Crippen LogP contribution in [0.3, 0.4) is 0 Å². The summed E-state index contributed by atoms with van der Waals surface area (Å²) in [5.74, 6) is 1.05. The Hall–Kier alpha value is -2.68. The molecule has 1 unspecified atom stereocenters. The first-order valence-electron chi connectivity index (χ1n) is 10.2. The molecule has 31 heavy (non-hydrogen) atoms. The molecule has 2 atom stereocenters. The van der Waals surface area contributed by atoms with Crippen LogP contribution in [0.4, 0.5) is 15.9 Å². The van der Waals surface area contributed by atoms with Crippen LogP contribution in [0.5, 0.6) is 11.5 Å². The van der Waals surface area contributed by atoms with E-state index in [2.05, 4.69) is 15.3 Å². The molecule has 3 heterocycles. The van der Waals surface area contributed by atoms with Crippen molar-refractivity contribution < 1.29 is 23.3 Å². The predicted octanol–water partition coefficient (Wildman–Crippen LogP) is 4.50. The summed E-state index contributed by atoms with van der Waals surface area (Å²) < 4.78 is 37.7. The fraction of sp³-hybridized carbons (Fsp3) is 0.364. The number of ether oxygens (including phenoxy) is 4. The van der Waals surface area contributed by atoms with Gasteiger partial charge in [0.1, 0.15) is 24.4 Å². The highest BCUT2D eigenvalue weighted by atomic mass is 35.5. The lowest BCUT2D eigenvalue weighted by Gasteiger charge is -2.20. The summed E-state index contributed by atoms with van der Waals surface area (Å²) in [6.45, 7) is 2.39. The maximum atomic E-state index is 14.4. The molecule has 7 nitrogen and oxygen atoms in total. The number of nitrogens with one attached hydrogen (secondary N) is 1. The van der Waals surface area contributed by atoms with Crippen molar-refractivity contribution >= 4 is 34.0 Å². The molecule has 9 heteroatoms. The number of rotatable bonds is 6. The van der Waals surface area contributed by atoms with Crippen LogP contribution in [0.2, 0.25) is 5.02 Å². The molecule has 0 amide bonds. The van der Waals surface area contributed by atoms with Crippen LogP contribution < -0.4 is 14.8 Å². The summed E-state index contributed by atoms with van der Waals surface area (Å²) in [5, 5.41) is 3.72. The molecule has 0 bridgehead atoms. The Morgan fingerprint density at radius 1 is 1.00 bits per heavy atom. The largest absolute Gasteiger partial charge is 0.484 e. The molecular formula is C22H21ClFN3O4. The van der Waals surface area contributed by atoms with E-state index in [0.717, 1.165) is 12.8 Å². The maximum absolute atomic E-state index is 14.4. The van der Waals surface area contributed by atoms with Crippen molar-refractivity contribution in [3.63, 3.8) is 0 Å². The van der Waals surface area contributed by atoms with E-state index < -0.39 is 5.82 Å². The average molecular weight is 446 g/mol. The van der Waals surface area contributed by atoms with E-state index in [-0.39, 0.29) is 22.9 Å². The second-order valence-electron chi connectivity index (χ2n) is 7.47. The van der Waals surface area contributed by atoms with Crippen LogP contribution in [0, 0.1) is 5.82 Å². The molecule has 5 rings (SSSR count). The molecule has 2 aromatic carbocycles. The van der Waals surface area contributed by atoms with Crippen molar-refractivity contribution in [2.45, 2.75) is 25.0 Å². The predicted molar refractivity (Wildman–Crippen MR) is 114 cm³/mol. The van der Waals surface area contributed by atoms with Gasteiger partial charge in [-0.2, -0.15) is 0 Å². The van der Waals surface area contributed by atoms with E-state index in [1.54, 1.807) is 12.1 Å². The van der Waals surface area contributed by atoms with E-state index in [1.165, 1.54) is 12.4 Å². The molecule has 2 aliphatic heterocycles. The first-order chi connectivity index (χ1) is 15.2. The van der Waals surface area contributed by atoms with Gasteiger partial charge in [0.05, 0.1) is 42.7 Å². The van der Waals surface area contributed by atoms with Crippen LogP contribution in [0.25, 0.3) is 10.9 Å². The number of fused-ring (bicyclic) bond motifs is 1. The second-order valence-corrected chi connectivity index (χ2v) is 7.88. The summed E-state index contributed by atoms with van der Waals surface area (Å²) in [5.41, 5.74) is 0.867. The molecular weight excluding hydrogens is 425 g/mol. The third-order valence-corrected chi connectivity index (χ3v) is 5.56. The Morgan fingerprint density at radius 2 is 1.71 bits per heavy atom. The van der Waals surface area contributed by atoms with Crippen molar-refractivity contribution in [2.24, 2.45) is 0 Å². The standard InChI is InChI=1S/C22H21ClFN3O4/c23-16-2-1-3-17(21(16)24)27-22-15-8-19(30-13-4-6-28-10-13)20(9-18(15)25-12-26-22)31-14-5-7-29-11-14/h1-3,8-9,12-14H,4-7,10-11H2,(H,25,26,27)/t13?,14-/m1/s1. The van der Waals surface area contributed by atoms with Crippen molar-refractivity contribution in [1.82, 2.24) is 9.97 Å². The van der Waals surface area contributed by atoms with Crippen LogP contribution in [-0.4, -0.2) is 48.6 Å². The van der Waals surface area contributed by atoms with Crippen LogP contribution in [0.1, 0.15) is 12.8 Å². The zero-order valence-corrected chi connectivity index (χ0v) is 17.4. The molecule has 3 aromatic rings. The molecule has 0 aliphatic carbocycles. The Labute approximate surface area is 183 Å². The molecule has 0 spiro atoms. The summed E-state index contributed by atoms with van der Waals surface area (Å²) in [6.07, 6.45) is 2.93. The Kier molecular flexibility index (Phi) is 5.76. The van der Waals surface area contributed by atoms with Gasteiger partial charge in [-0.25, -0.2) is 14.4 Å². The van der Waals surface area contributed by atoms with E-state index in [0.29, 0.717) is 54.6 Å². The highest BCUT2D eigenvalue weighted by molar-refractivity contribution is 6.31. The molecule has 162 valence electrons. The highest BCUT2D eigenvalue weighted by Crippen LogP contribution is 2.37. The zero-order chi connectivity index (χ0) is 21.2. The summed E-state index contributed by atoms with van der Waals surface area (Å²) >= 11 is 5.91. The van der Waals surface area contributed by atoms with Gasteiger partial charge in [0.25, 0.3) is 0 Å². The van der Waals surface area contributed by atoms with E-state index in [4.69, 9.17) is 30.5 Å². The van der Waals surface area contributed by atoms with Crippen LogP contribution in [-0.2, 0) is 9.47 Å². The van der Waals surface area contributed by atoms with Gasteiger partial charge in [-0.1, -0.05) is 17.7 Å². The lowest BCUT2D eigenvalue weighted by Crippen LogP contribution is -2.19. The number of hydrogen-bond acceptors (Lipinski definition) is 7. The van der Waals surface area contributed by atoms with Gasteiger partial charge in [-0.05, 0) is 18.2 Å². The molecule has 2 fully saturated rings. The number of anilines is 2. The van der Waals surface area contributed by atoms with Gasteiger partial charge >= 0.3 is 0 Å². The lowest BCUT2D eigenvalue weighted by molar-refractivity contribution is 0.123. The SMILES string of the molecule is Fc1c(Cl)cccc1Nc1ncnc2cc(O[C@@H]3CCOC3)c(OC3CCOC3)cc12. The first kappa shape index (κ1) is 20.2. The minimum absolute atomic E-state index is 0.0306. The van der Waals surface area contributed by atoms with Crippen molar-refractivity contribution in [2.75, 3.05) is 31.7 Å². The Balaban J connectivity index is 1.53. The van der Waals surface area contributed by atoms with E-state index in [1.807, 2.05) is 12.1 Å². The normalized spacial score (nSPS) is 20.8. The average Bonchev–Trinajstić information content (AvgIpc) is 3.47. The van der Waals surface area contributed by atoms with Gasteiger partial charge in [0.15, 0.2) is 17.3 Å². The Morgan fingerprint density at radius 3 is 2.39 bits per heavy atom. The summed E-state index contributed by atoms with van der Waals surface area (Å²) in [4.78, 5) is 8.67. The van der Waals surface area contributed by atoms with Crippen molar-refractivity contribution in [1.29, 1.82) is 0 Å². The fourth-order valence-corrected chi connectivity index (χ4v) is 3.82. The van der Waals surface area contributed by atoms with Crippen molar-refractivity contribution in [3.05, 3.63) is 47.5 Å². The Bertz CT molecular complexity index is 1090. The van der Waals surface area contributed by atoms with Crippen LogP contribution in [0.15, 0.2) is 36.7 Å². The lowest BCUT2D eigenvalue weighted by atomic mass is 10.2. The van der Waals surface area contributed by atoms with Gasteiger partial charge in [0.2, 0.25) is 0 Å². The maximum Gasteiger partial charge on any atom is 0.165 e. The number of nitrogens with zero attached hydrogens (tertiary/aromatic N) is 2. The molecule has 0 saturated carbocycles. The van der Waals surface area contributed by atoms with Crippen LogP contribution >= 0.6 is 11.6 Å². The molecule has 0 radical (unpaired) electrons. The summed E-state index contributed by atoms with van der Waals surface area (Å²) in [7, 11) is 0. The van der Waals surface area contributed by atoms with E-state index in [9.17, 15) is 4.39 Å². The second kappa shape index (κ2) is 8.82. The van der Waals surface area contributed by atoms with Gasteiger partial charge in [-0.3, -0.25) is 0 Å². The first-order valence-corrected chi connectivity index (χ1v) is 10.5. The molecule has 1 aromatic heterocycles. The zero-order valence-electron chi connectivity index (χ0n) is 16.6. The van der Waals surface area contributed by atoms with Crippen molar-refractivity contribution in [3.8, 4) is 11.5 Å². The number of benzene rings is 2. The molecule has 2 aliphatic rings. The minimum atomic E-state index is -0.545. The third kappa shape index (κ3) is 4.37. The third-order valence-electron chi connectivity index (χ3n) is 5.27. The van der Waals surface area contributed by atoms with E-state index >= 15 is 0 Å². The fourth-order valence-electron chi connectivity index (χ4n) is 3.65. The quantitative estimate of drug-likeness (QED) is 0.598. The monoisotopic (exact) mass is 445 g/mol.